The summed E-state index contributed by atoms with van der Waals surface area (Å²) in [7, 11) is 0. The van der Waals surface area contributed by atoms with Crippen molar-refractivity contribution in [3.05, 3.63) is 59.9 Å². The molecule has 1 aromatic rings. The molecule has 0 saturated heterocycles. The Labute approximate surface area is 180 Å². The lowest BCUT2D eigenvalue weighted by Gasteiger charge is -2.28. The van der Waals surface area contributed by atoms with Crippen molar-refractivity contribution in [3.63, 3.8) is 0 Å². The van der Waals surface area contributed by atoms with Crippen molar-refractivity contribution in [1.29, 1.82) is 0 Å². The Morgan fingerprint density at radius 2 is 1.83 bits per heavy atom. The lowest BCUT2D eigenvalue weighted by Crippen LogP contribution is -2.31. The van der Waals surface area contributed by atoms with Crippen LogP contribution in [0, 0.1) is 5.92 Å². The van der Waals surface area contributed by atoms with Crippen LogP contribution in [0.3, 0.4) is 0 Å². The van der Waals surface area contributed by atoms with Crippen molar-refractivity contribution in [2.45, 2.75) is 71.8 Å². The number of ether oxygens (including phenoxy) is 2. The molecule has 1 amide bonds. The molecular weight excluding hydrogens is 378 g/mol. The molecule has 0 radical (unpaired) electrons. The summed E-state index contributed by atoms with van der Waals surface area (Å²) in [4.78, 5) is 26.9. The molecule has 0 bridgehead atoms. The molecule has 0 spiro atoms. The second-order valence-corrected chi connectivity index (χ2v) is 8.72. The Morgan fingerprint density at radius 3 is 2.43 bits per heavy atom. The van der Waals surface area contributed by atoms with Gasteiger partial charge in [-0.25, -0.2) is 9.59 Å². The minimum Gasteiger partial charge on any atom is -0.457 e. The summed E-state index contributed by atoms with van der Waals surface area (Å²) < 4.78 is 11.1. The third-order valence-electron chi connectivity index (χ3n) is 5.04. The summed E-state index contributed by atoms with van der Waals surface area (Å²) in [6.07, 6.45) is 8.84. The van der Waals surface area contributed by atoms with Crippen LogP contribution in [0.1, 0.15) is 71.8 Å². The predicted octanol–water partition coefficient (Wildman–Crippen LogP) is 6.18. The predicted molar refractivity (Wildman–Crippen MR) is 119 cm³/mol. The first-order valence-corrected chi connectivity index (χ1v) is 10.9. The van der Waals surface area contributed by atoms with E-state index in [0.29, 0.717) is 18.1 Å². The molecule has 0 aromatic heterocycles. The van der Waals surface area contributed by atoms with E-state index in [2.05, 4.69) is 13.8 Å². The number of rotatable bonds is 8. The van der Waals surface area contributed by atoms with Gasteiger partial charge in [0, 0.05) is 18.3 Å². The fourth-order valence-corrected chi connectivity index (χ4v) is 3.30. The second-order valence-electron chi connectivity index (χ2n) is 8.72. The topological polar surface area (TPSA) is 55.8 Å². The zero-order valence-electron chi connectivity index (χ0n) is 18.9. The summed E-state index contributed by atoms with van der Waals surface area (Å²) >= 11 is 0. The molecule has 30 heavy (non-hydrogen) atoms. The maximum absolute atomic E-state index is 12.9. The fourth-order valence-electron chi connectivity index (χ4n) is 3.30. The Morgan fingerprint density at radius 1 is 1.13 bits per heavy atom. The quantitative estimate of drug-likeness (QED) is 0.478. The molecule has 2 unspecified atom stereocenters. The van der Waals surface area contributed by atoms with Crippen molar-refractivity contribution in [1.82, 2.24) is 4.90 Å². The van der Waals surface area contributed by atoms with Gasteiger partial charge in [0.25, 0.3) is 0 Å². The monoisotopic (exact) mass is 413 g/mol. The third kappa shape index (κ3) is 7.05. The van der Waals surface area contributed by atoms with E-state index >= 15 is 0 Å². The average Bonchev–Trinajstić information content (AvgIpc) is 2.72. The molecule has 0 fully saturated rings. The van der Waals surface area contributed by atoms with E-state index in [1.165, 1.54) is 4.90 Å². The number of allylic oxidation sites excluding steroid dienone is 1. The van der Waals surface area contributed by atoms with Gasteiger partial charge in [-0.1, -0.05) is 69.5 Å². The van der Waals surface area contributed by atoms with E-state index in [1.807, 2.05) is 57.2 Å². The van der Waals surface area contributed by atoms with Crippen LogP contribution in [0.15, 0.2) is 54.4 Å². The first-order chi connectivity index (χ1) is 14.2. The van der Waals surface area contributed by atoms with Crippen molar-refractivity contribution in [2.24, 2.45) is 5.92 Å². The van der Waals surface area contributed by atoms with E-state index in [1.54, 1.807) is 12.4 Å². The van der Waals surface area contributed by atoms with E-state index in [9.17, 15) is 9.59 Å². The normalized spacial score (nSPS) is 17.3. The molecule has 2 rings (SSSR count). The maximum Gasteiger partial charge on any atom is 0.417 e. The van der Waals surface area contributed by atoms with Crippen molar-refractivity contribution >= 4 is 12.1 Å². The molecule has 0 saturated carbocycles. The summed E-state index contributed by atoms with van der Waals surface area (Å²) in [6, 6.07) is 9.70. The van der Waals surface area contributed by atoms with Crippen LogP contribution < -0.4 is 0 Å². The van der Waals surface area contributed by atoms with Crippen molar-refractivity contribution in [3.8, 4) is 0 Å². The van der Waals surface area contributed by atoms with E-state index in [-0.39, 0.29) is 5.92 Å². The number of unbranched alkanes of at least 4 members (excludes halogenated alkanes) is 1. The number of hydrogen-bond acceptors (Lipinski definition) is 4. The largest absolute Gasteiger partial charge is 0.457 e. The van der Waals surface area contributed by atoms with Gasteiger partial charge in [0.1, 0.15) is 5.60 Å². The molecular formula is C25H35NO4. The molecule has 0 N–H and O–H groups in total. The maximum atomic E-state index is 12.9. The Hall–Kier alpha value is -2.56. The first-order valence-electron chi connectivity index (χ1n) is 10.9. The second kappa shape index (κ2) is 11.0. The van der Waals surface area contributed by atoms with Crippen LogP contribution in [0.25, 0.3) is 0 Å². The molecule has 1 aromatic carbocycles. The number of carbonyl (C=O) groups excluding carboxylic acids is 2. The van der Waals surface area contributed by atoms with E-state index < -0.39 is 17.7 Å². The molecule has 1 aliphatic rings. The Balaban J connectivity index is 2.17. The zero-order valence-corrected chi connectivity index (χ0v) is 18.9. The molecule has 5 nitrogen and oxygen atoms in total. The molecule has 0 aliphatic carbocycles. The van der Waals surface area contributed by atoms with Crippen LogP contribution in [0.4, 0.5) is 4.79 Å². The highest BCUT2D eigenvalue weighted by Crippen LogP contribution is 2.32. The minimum atomic E-state index is -0.626. The van der Waals surface area contributed by atoms with Crippen LogP contribution in [-0.4, -0.2) is 29.2 Å². The minimum absolute atomic E-state index is 0.280. The van der Waals surface area contributed by atoms with Crippen LogP contribution in [0.2, 0.25) is 0 Å². The van der Waals surface area contributed by atoms with Gasteiger partial charge in [0.05, 0.1) is 12.2 Å². The summed E-state index contributed by atoms with van der Waals surface area (Å²) in [6.45, 7) is 10.1. The summed E-state index contributed by atoms with van der Waals surface area (Å²) in [5, 5.41) is 0. The number of benzene rings is 1. The highest BCUT2D eigenvalue weighted by atomic mass is 16.6. The average molecular weight is 414 g/mol. The van der Waals surface area contributed by atoms with Gasteiger partial charge < -0.3 is 9.47 Å². The number of amides is 1. The lowest BCUT2D eigenvalue weighted by molar-refractivity contribution is -0.150. The van der Waals surface area contributed by atoms with Crippen LogP contribution in [0.5, 0.6) is 0 Å². The Kier molecular flexibility index (Phi) is 8.70. The van der Waals surface area contributed by atoms with Gasteiger partial charge in [-0.3, -0.25) is 4.90 Å². The van der Waals surface area contributed by atoms with Crippen molar-refractivity contribution in [2.75, 3.05) is 6.61 Å². The third-order valence-corrected chi connectivity index (χ3v) is 5.04. The Bertz CT molecular complexity index is 761. The van der Waals surface area contributed by atoms with Gasteiger partial charge in [-0.15, -0.1) is 0 Å². The number of carbonyl (C=O) groups is 2. The molecule has 164 valence electrons. The molecule has 5 heteroatoms. The first kappa shape index (κ1) is 23.7. The van der Waals surface area contributed by atoms with Crippen LogP contribution in [-0.2, 0) is 14.3 Å². The van der Waals surface area contributed by atoms with Gasteiger partial charge in [-0.05, 0) is 38.7 Å². The number of nitrogens with zero attached hydrogens (tertiary/aromatic N) is 1. The highest BCUT2D eigenvalue weighted by Gasteiger charge is 2.30. The summed E-state index contributed by atoms with van der Waals surface area (Å²) in [5.41, 5.74) is 0.748. The van der Waals surface area contributed by atoms with Crippen molar-refractivity contribution < 1.29 is 19.1 Å². The van der Waals surface area contributed by atoms with Gasteiger partial charge in [-0.2, -0.15) is 0 Å². The van der Waals surface area contributed by atoms with Gasteiger partial charge >= 0.3 is 12.1 Å². The van der Waals surface area contributed by atoms with Crippen LogP contribution >= 0.6 is 0 Å². The SMILES string of the molecule is CCCCC(CC)COC(=O)N1C=CC(c2ccccc2)C(C(=O)OC(C)(C)C)=C1. The lowest BCUT2D eigenvalue weighted by atomic mass is 9.90. The standard InChI is InChI=1S/C25H35NO4/c1-6-8-12-19(7-2)18-29-24(28)26-16-15-21(20-13-10-9-11-14-20)22(17-26)23(27)30-25(3,4)5/h9-11,13-17,19,21H,6-8,12,18H2,1-5H3. The van der Waals surface area contributed by atoms with Gasteiger partial charge in [0.15, 0.2) is 0 Å². The number of hydrogen-bond donors (Lipinski definition) is 0. The smallest absolute Gasteiger partial charge is 0.417 e. The molecule has 1 heterocycles. The zero-order chi connectivity index (χ0) is 22.1. The summed E-state index contributed by atoms with van der Waals surface area (Å²) in [5.74, 6) is -0.361. The van der Waals surface area contributed by atoms with E-state index in [4.69, 9.17) is 9.47 Å². The number of esters is 1. The molecule has 1 aliphatic heterocycles. The molecule has 2 atom stereocenters. The fraction of sp³-hybridized carbons (Fsp3) is 0.520. The van der Waals surface area contributed by atoms with Gasteiger partial charge in [0.2, 0.25) is 0 Å². The highest BCUT2D eigenvalue weighted by molar-refractivity contribution is 5.92. The van der Waals surface area contributed by atoms with E-state index in [0.717, 1.165) is 31.2 Å².